The number of hydrogen-bond donors (Lipinski definition) is 1. The molecular weight excluding hydrogens is 464 g/mol. The number of ether oxygens (including phenoxy) is 1. The minimum Gasteiger partial charge on any atom is -0.489 e. The van der Waals surface area contributed by atoms with Gasteiger partial charge in [0, 0.05) is 49.1 Å². The third-order valence-electron chi connectivity index (χ3n) is 6.47. The third-order valence-corrected chi connectivity index (χ3v) is 6.47. The second kappa shape index (κ2) is 10.6. The van der Waals surface area contributed by atoms with Gasteiger partial charge < -0.3 is 15.0 Å². The van der Waals surface area contributed by atoms with E-state index in [2.05, 4.69) is 16.9 Å². The first-order valence-corrected chi connectivity index (χ1v) is 12.3. The van der Waals surface area contributed by atoms with E-state index in [9.17, 15) is 9.59 Å². The van der Waals surface area contributed by atoms with Gasteiger partial charge in [-0.2, -0.15) is 0 Å². The average Bonchev–Trinajstić information content (AvgIpc) is 3.38. The zero-order valence-electron chi connectivity index (χ0n) is 20.7. The van der Waals surface area contributed by atoms with E-state index in [1.165, 1.54) is 6.08 Å². The molecule has 7 nitrogen and oxygen atoms in total. The highest BCUT2D eigenvalue weighted by atomic mass is 16.5. The number of likely N-dealkylation sites (tertiary alicyclic amines) is 1. The smallest absolute Gasteiger partial charge is 0.247 e. The number of benzene rings is 3. The molecule has 186 valence electrons. The van der Waals surface area contributed by atoms with Crippen molar-refractivity contribution in [3.05, 3.63) is 97.0 Å². The van der Waals surface area contributed by atoms with Gasteiger partial charge in [-0.3, -0.25) is 9.59 Å². The highest BCUT2D eigenvalue weighted by Gasteiger charge is 2.25. The Kier molecular flexibility index (Phi) is 6.94. The molecule has 1 fully saturated rings. The summed E-state index contributed by atoms with van der Waals surface area (Å²) in [5, 5.41) is 3.76. The molecule has 0 spiro atoms. The first-order chi connectivity index (χ1) is 18.0. The van der Waals surface area contributed by atoms with Gasteiger partial charge in [-0.1, -0.05) is 49.0 Å². The Balaban J connectivity index is 1.33. The van der Waals surface area contributed by atoms with E-state index >= 15 is 0 Å². The number of rotatable bonds is 7. The van der Waals surface area contributed by atoms with Crippen LogP contribution in [0.4, 0.5) is 5.69 Å². The van der Waals surface area contributed by atoms with E-state index in [0.29, 0.717) is 18.7 Å². The lowest BCUT2D eigenvalue weighted by atomic mass is 10.0. The standard InChI is InChI=1S/C30H28N4O3/c1-3-29(36)32-24-8-4-6-22(17-24)27-9-5-7-23-18-31-28(33-30(23)27)16-21-10-12-25(13-11-21)37-26-14-15-34(19-26)20(2)35/h3-13,17-18,26H,1,14-16,19H2,2H3,(H,32,36)/t26-/m0/s1. The number of anilines is 1. The topological polar surface area (TPSA) is 84.4 Å². The second-order valence-corrected chi connectivity index (χ2v) is 9.12. The predicted molar refractivity (Wildman–Crippen MR) is 144 cm³/mol. The summed E-state index contributed by atoms with van der Waals surface area (Å²) in [6, 6.07) is 21.6. The molecule has 1 aromatic heterocycles. The largest absolute Gasteiger partial charge is 0.489 e. The fourth-order valence-electron chi connectivity index (χ4n) is 4.54. The number of carbonyl (C=O) groups is 2. The van der Waals surface area contributed by atoms with Crippen molar-refractivity contribution in [2.24, 2.45) is 0 Å². The Labute approximate surface area is 215 Å². The van der Waals surface area contributed by atoms with Crippen molar-refractivity contribution < 1.29 is 14.3 Å². The van der Waals surface area contributed by atoms with Gasteiger partial charge in [0.15, 0.2) is 0 Å². The van der Waals surface area contributed by atoms with Crippen molar-refractivity contribution in [2.45, 2.75) is 25.9 Å². The van der Waals surface area contributed by atoms with E-state index in [0.717, 1.165) is 52.1 Å². The number of amides is 2. The first kappa shape index (κ1) is 24.2. The Hall–Kier alpha value is -4.52. The molecule has 4 aromatic rings. The Bertz CT molecular complexity index is 1470. The molecule has 0 bridgehead atoms. The van der Waals surface area contributed by atoms with Crippen LogP contribution in [0.2, 0.25) is 0 Å². The molecule has 1 aliphatic rings. The number of nitrogens with zero attached hydrogens (tertiary/aromatic N) is 3. The first-order valence-electron chi connectivity index (χ1n) is 12.3. The second-order valence-electron chi connectivity index (χ2n) is 9.12. The number of para-hydroxylation sites is 1. The molecule has 1 atom stereocenters. The maximum Gasteiger partial charge on any atom is 0.247 e. The summed E-state index contributed by atoms with van der Waals surface area (Å²) in [6.45, 7) is 6.48. The monoisotopic (exact) mass is 492 g/mol. The summed E-state index contributed by atoms with van der Waals surface area (Å²) in [5.41, 5.74) is 4.55. The van der Waals surface area contributed by atoms with Crippen molar-refractivity contribution in [3.8, 4) is 16.9 Å². The van der Waals surface area contributed by atoms with Crippen LogP contribution in [-0.2, 0) is 16.0 Å². The number of aromatic nitrogens is 2. The molecule has 7 heteroatoms. The molecular formula is C30H28N4O3. The van der Waals surface area contributed by atoms with Gasteiger partial charge >= 0.3 is 0 Å². The molecule has 2 heterocycles. The van der Waals surface area contributed by atoms with Crippen LogP contribution >= 0.6 is 0 Å². The van der Waals surface area contributed by atoms with Gasteiger partial charge in [0.2, 0.25) is 11.8 Å². The lowest BCUT2D eigenvalue weighted by molar-refractivity contribution is -0.128. The molecule has 37 heavy (non-hydrogen) atoms. The molecule has 1 N–H and O–H groups in total. The number of fused-ring (bicyclic) bond motifs is 1. The van der Waals surface area contributed by atoms with E-state index in [1.54, 1.807) is 6.92 Å². The molecule has 1 saturated heterocycles. The Morgan fingerprint density at radius 3 is 2.70 bits per heavy atom. The van der Waals surface area contributed by atoms with Crippen LogP contribution in [0.3, 0.4) is 0 Å². The van der Waals surface area contributed by atoms with E-state index in [1.807, 2.05) is 77.8 Å². The van der Waals surface area contributed by atoms with Gasteiger partial charge in [0.1, 0.15) is 17.7 Å². The van der Waals surface area contributed by atoms with Gasteiger partial charge in [-0.05, 0) is 41.5 Å². The SMILES string of the molecule is C=CC(=O)Nc1cccc(-c2cccc3cnc(Cc4ccc(O[C@H]5CCN(C(C)=O)C5)cc4)nc23)c1. The van der Waals surface area contributed by atoms with Gasteiger partial charge in [0.25, 0.3) is 0 Å². The van der Waals surface area contributed by atoms with Gasteiger partial charge in [0.05, 0.1) is 12.1 Å². The molecule has 0 saturated carbocycles. The number of carbonyl (C=O) groups excluding carboxylic acids is 2. The highest BCUT2D eigenvalue weighted by molar-refractivity contribution is 6.00. The van der Waals surface area contributed by atoms with E-state index in [-0.39, 0.29) is 17.9 Å². The fourth-order valence-corrected chi connectivity index (χ4v) is 4.54. The van der Waals surface area contributed by atoms with Crippen molar-refractivity contribution >= 4 is 28.4 Å². The van der Waals surface area contributed by atoms with Crippen LogP contribution in [0.5, 0.6) is 5.75 Å². The summed E-state index contributed by atoms with van der Waals surface area (Å²) >= 11 is 0. The molecule has 2 amide bonds. The summed E-state index contributed by atoms with van der Waals surface area (Å²) in [6.07, 6.45) is 4.56. The zero-order chi connectivity index (χ0) is 25.8. The van der Waals surface area contributed by atoms with Crippen molar-refractivity contribution in [1.82, 2.24) is 14.9 Å². The van der Waals surface area contributed by atoms with Crippen LogP contribution in [0.15, 0.2) is 85.6 Å². The van der Waals surface area contributed by atoms with Crippen LogP contribution in [0.1, 0.15) is 24.7 Å². The number of hydrogen-bond acceptors (Lipinski definition) is 5. The third kappa shape index (κ3) is 5.67. The lowest BCUT2D eigenvalue weighted by Gasteiger charge is -2.15. The molecule has 3 aromatic carbocycles. The van der Waals surface area contributed by atoms with Crippen molar-refractivity contribution in [3.63, 3.8) is 0 Å². The minimum absolute atomic E-state index is 0.0283. The lowest BCUT2D eigenvalue weighted by Crippen LogP contribution is -2.28. The van der Waals surface area contributed by atoms with Gasteiger partial charge in [-0.15, -0.1) is 0 Å². The number of nitrogens with one attached hydrogen (secondary N) is 1. The summed E-state index contributed by atoms with van der Waals surface area (Å²) < 4.78 is 6.07. The van der Waals surface area contributed by atoms with Crippen molar-refractivity contribution in [2.75, 3.05) is 18.4 Å². The fraction of sp³-hybridized carbons (Fsp3) is 0.200. The van der Waals surface area contributed by atoms with Gasteiger partial charge in [-0.25, -0.2) is 9.97 Å². The zero-order valence-corrected chi connectivity index (χ0v) is 20.7. The molecule has 0 unspecified atom stereocenters. The maximum atomic E-state index is 11.7. The van der Waals surface area contributed by atoms with Crippen LogP contribution in [0.25, 0.3) is 22.0 Å². The Morgan fingerprint density at radius 1 is 1.14 bits per heavy atom. The molecule has 5 rings (SSSR count). The molecule has 0 aliphatic carbocycles. The summed E-state index contributed by atoms with van der Waals surface area (Å²) in [4.78, 5) is 34.6. The minimum atomic E-state index is -0.252. The van der Waals surface area contributed by atoms with E-state index < -0.39 is 0 Å². The molecule has 0 radical (unpaired) electrons. The summed E-state index contributed by atoms with van der Waals surface area (Å²) in [5.74, 6) is 1.35. The molecule has 1 aliphatic heterocycles. The van der Waals surface area contributed by atoms with Crippen molar-refractivity contribution in [1.29, 1.82) is 0 Å². The normalized spacial score (nSPS) is 14.9. The highest BCUT2D eigenvalue weighted by Crippen LogP contribution is 2.29. The van der Waals surface area contributed by atoms with E-state index in [4.69, 9.17) is 9.72 Å². The quantitative estimate of drug-likeness (QED) is 0.367. The van der Waals surface area contributed by atoms with Crippen LogP contribution in [-0.4, -0.2) is 45.9 Å². The Morgan fingerprint density at radius 2 is 1.95 bits per heavy atom. The maximum absolute atomic E-state index is 11.7. The van der Waals surface area contributed by atoms with Crippen LogP contribution < -0.4 is 10.1 Å². The predicted octanol–water partition coefficient (Wildman–Crippen LogP) is 5.01. The van der Waals surface area contributed by atoms with Crippen LogP contribution in [0, 0.1) is 0 Å². The summed E-state index contributed by atoms with van der Waals surface area (Å²) in [7, 11) is 0. The average molecular weight is 493 g/mol.